The molecule has 0 aromatic carbocycles. The van der Waals surface area contributed by atoms with Crippen molar-refractivity contribution in [2.24, 2.45) is 0 Å². The smallest absolute Gasteiger partial charge is 0.252 e. The summed E-state index contributed by atoms with van der Waals surface area (Å²) in [7, 11) is -1.62. The number of likely N-dealkylation sites (N-methyl/N-ethyl adjacent to an activating group) is 1. The summed E-state index contributed by atoms with van der Waals surface area (Å²) in [5.41, 5.74) is 1.59. The molecule has 29 heavy (non-hydrogen) atoms. The summed E-state index contributed by atoms with van der Waals surface area (Å²) in [6.07, 6.45) is 9.01. The number of piperidine rings is 1. The zero-order valence-corrected chi connectivity index (χ0v) is 18.2. The SMILES string of the molecule is Cc1cc(=O)n(C2CCCC2)c2nc(N3CCCC(N(C)S(C)(=O)=O)C3)ncc12. The van der Waals surface area contributed by atoms with Crippen LogP contribution in [-0.2, 0) is 10.0 Å². The van der Waals surface area contributed by atoms with Gasteiger partial charge >= 0.3 is 0 Å². The average molecular weight is 420 g/mol. The Balaban J connectivity index is 1.73. The van der Waals surface area contributed by atoms with E-state index >= 15 is 0 Å². The Hall–Kier alpha value is -2.00. The van der Waals surface area contributed by atoms with Crippen LogP contribution in [0.4, 0.5) is 5.95 Å². The molecule has 4 rings (SSSR count). The van der Waals surface area contributed by atoms with E-state index in [4.69, 9.17) is 4.98 Å². The van der Waals surface area contributed by atoms with Gasteiger partial charge in [0.2, 0.25) is 16.0 Å². The molecule has 9 heteroatoms. The lowest BCUT2D eigenvalue weighted by Crippen LogP contribution is -2.48. The van der Waals surface area contributed by atoms with Gasteiger partial charge in [-0.05, 0) is 38.2 Å². The molecule has 2 aliphatic rings. The topological polar surface area (TPSA) is 88.4 Å². The number of rotatable bonds is 4. The van der Waals surface area contributed by atoms with Gasteiger partial charge in [-0.25, -0.2) is 17.7 Å². The first kappa shape index (κ1) is 20.3. The molecule has 1 atom stereocenters. The van der Waals surface area contributed by atoms with E-state index in [1.807, 2.05) is 22.6 Å². The maximum Gasteiger partial charge on any atom is 0.252 e. The van der Waals surface area contributed by atoms with Crippen molar-refractivity contribution < 1.29 is 8.42 Å². The van der Waals surface area contributed by atoms with Crippen LogP contribution in [0.3, 0.4) is 0 Å². The second-order valence-corrected chi connectivity index (χ2v) is 10.4. The second kappa shape index (κ2) is 7.68. The minimum absolute atomic E-state index is 0.000111. The molecular formula is C20H29N5O3S. The molecule has 1 saturated heterocycles. The number of anilines is 1. The lowest BCUT2D eigenvalue weighted by atomic mass is 10.1. The molecule has 1 unspecified atom stereocenters. The van der Waals surface area contributed by atoms with Gasteiger partial charge in [-0.15, -0.1) is 0 Å². The Morgan fingerprint density at radius 3 is 2.59 bits per heavy atom. The number of pyridine rings is 1. The molecule has 158 valence electrons. The van der Waals surface area contributed by atoms with E-state index in [1.54, 1.807) is 13.1 Å². The molecule has 3 heterocycles. The van der Waals surface area contributed by atoms with Crippen LogP contribution in [0, 0.1) is 6.92 Å². The van der Waals surface area contributed by atoms with Crippen molar-refractivity contribution in [3.8, 4) is 0 Å². The Bertz CT molecular complexity index is 1080. The molecule has 0 bridgehead atoms. The van der Waals surface area contributed by atoms with Crippen LogP contribution in [0.2, 0.25) is 0 Å². The Labute approximate surface area is 171 Å². The first-order chi connectivity index (χ1) is 13.8. The molecular weight excluding hydrogens is 390 g/mol. The molecule has 1 saturated carbocycles. The fourth-order valence-corrected chi connectivity index (χ4v) is 5.35. The number of hydrogen-bond donors (Lipinski definition) is 0. The predicted molar refractivity (Wildman–Crippen MR) is 114 cm³/mol. The summed E-state index contributed by atoms with van der Waals surface area (Å²) < 4.78 is 27.2. The maximum atomic E-state index is 12.8. The molecule has 0 radical (unpaired) electrons. The zero-order valence-electron chi connectivity index (χ0n) is 17.3. The van der Waals surface area contributed by atoms with Gasteiger partial charge in [-0.3, -0.25) is 9.36 Å². The zero-order chi connectivity index (χ0) is 20.8. The van der Waals surface area contributed by atoms with Gasteiger partial charge in [0.25, 0.3) is 5.56 Å². The van der Waals surface area contributed by atoms with E-state index in [0.29, 0.717) is 18.1 Å². The lowest BCUT2D eigenvalue weighted by Gasteiger charge is -2.36. The lowest BCUT2D eigenvalue weighted by molar-refractivity contribution is 0.320. The first-order valence-corrected chi connectivity index (χ1v) is 12.2. The Kier molecular flexibility index (Phi) is 5.37. The highest BCUT2D eigenvalue weighted by Gasteiger charge is 2.29. The molecule has 2 fully saturated rings. The van der Waals surface area contributed by atoms with Crippen LogP contribution >= 0.6 is 0 Å². The molecule has 0 amide bonds. The second-order valence-electron chi connectivity index (χ2n) is 8.40. The number of sulfonamides is 1. The van der Waals surface area contributed by atoms with Crippen LogP contribution < -0.4 is 10.5 Å². The van der Waals surface area contributed by atoms with Gasteiger partial charge in [-0.1, -0.05) is 12.8 Å². The summed E-state index contributed by atoms with van der Waals surface area (Å²) >= 11 is 0. The molecule has 8 nitrogen and oxygen atoms in total. The summed E-state index contributed by atoms with van der Waals surface area (Å²) in [4.78, 5) is 24.2. The van der Waals surface area contributed by atoms with Crippen molar-refractivity contribution in [3.05, 3.63) is 28.2 Å². The van der Waals surface area contributed by atoms with Gasteiger partial charge in [0, 0.05) is 49.9 Å². The van der Waals surface area contributed by atoms with Gasteiger partial charge < -0.3 is 4.90 Å². The maximum absolute atomic E-state index is 12.8. The number of hydrogen-bond acceptors (Lipinski definition) is 6. The molecule has 1 aliphatic heterocycles. The number of fused-ring (bicyclic) bond motifs is 1. The summed E-state index contributed by atoms with van der Waals surface area (Å²) in [5, 5.41) is 0.905. The fraction of sp³-hybridized carbons (Fsp3) is 0.650. The molecule has 0 spiro atoms. The van der Waals surface area contributed by atoms with Crippen molar-refractivity contribution in [1.29, 1.82) is 0 Å². The van der Waals surface area contributed by atoms with Crippen molar-refractivity contribution in [2.45, 2.75) is 57.5 Å². The summed E-state index contributed by atoms with van der Waals surface area (Å²) in [6.45, 7) is 3.25. The van der Waals surface area contributed by atoms with E-state index in [-0.39, 0.29) is 17.6 Å². The van der Waals surface area contributed by atoms with Gasteiger partial charge in [0.1, 0.15) is 5.65 Å². The highest BCUT2D eigenvalue weighted by atomic mass is 32.2. The van der Waals surface area contributed by atoms with Crippen molar-refractivity contribution in [2.75, 3.05) is 31.3 Å². The van der Waals surface area contributed by atoms with Gasteiger partial charge in [0.05, 0.1) is 6.26 Å². The van der Waals surface area contributed by atoms with Crippen LogP contribution in [0.25, 0.3) is 11.0 Å². The molecule has 0 N–H and O–H groups in total. The van der Waals surface area contributed by atoms with Crippen molar-refractivity contribution in [1.82, 2.24) is 18.8 Å². The molecule has 1 aliphatic carbocycles. The van der Waals surface area contributed by atoms with Crippen LogP contribution in [0.5, 0.6) is 0 Å². The third-order valence-electron chi connectivity index (χ3n) is 6.39. The first-order valence-electron chi connectivity index (χ1n) is 10.3. The number of nitrogens with zero attached hydrogens (tertiary/aromatic N) is 5. The van der Waals surface area contributed by atoms with Gasteiger partial charge in [0.15, 0.2) is 0 Å². The van der Waals surface area contributed by atoms with Crippen LogP contribution in [-0.4, -0.2) is 59.7 Å². The summed E-state index contributed by atoms with van der Waals surface area (Å²) in [5.74, 6) is 0.570. The van der Waals surface area contributed by atoms with E-state index in [9.17, 15) is 13.2 Å². The average Bonchev–Trinajstić information content (AvgIpc) is 3.20. The van der Waals surface area contributed by atoms with Crippen molar-refractivity contribution in [3.63, 3.8) is 0 Å². The third-order valence-corrected chi connectivity index (χ3v) is 7.74. The van der Waals surface area contributed by atoms with E-state index in [2.05, 4.69) is 4.98 Å². The molecule has 2 aromatic rings. The summed E-state index contributed by atoms with van der Waals surface area (Å²) in [6, 6.07) is 1.77. The minimum atomic E-state index is -3.25. The fourth-order valence-electron chi connectivity index (χ4n) is 4.63. The van der Waals surface area contributed by atoms with Crippen LogP contribution in [0.15, 0.2) is 17.1 Å². The minimum Gasteiger partial charge on any atom is -0.339 e. The van der Waals surface area contributed by atoms with E-state index in [1.165, 1.54) is 10.6 Å². The van der Waals surface area contributed by atoms with E-state index < -0.39 is 10.0 Å². The standard InChI is InChI=1S/C20H29N5O3S/c1-14-11-18(26)25(15-7-4-5-8-15)19-17(14)12-21-20(22-19)24-10-6-9-16(13-24)23(2)29(3,27)28/h11-12,15-16H,4-10,13H2,1-3H3. The quantitative estimate of drug-likeness (QED) is 0.754. The Morgan fingerprint density at radius 1 is 1.17 bits per heavy atom. The van der Waals surface area contributed by atoms with Gasteiger partial charge in [-0.2, -0.15) is 4.98 Å². The van der Waals surface area contributed by atoms with Crippen LogP contribution in [0.1, 0.15) is 50.1 Å². The van der Waals surface area contributed by atoms with E-state index in [0.717, 1.165) is 56.0 Å². The number of aryl methyl sites for hydroxylation is 1. The largest absolute Gasteiger partial charge is 0.339 e. The highest BCUT2D eigenvalue weighted by Crippen LogP contribution is 2.31. The molecule has 2 aromatic heterocycles. The number of aromatic nitrogens is 3. The van der Waals surface area contributed by atoms with Crippen molar-refractivity contribution >= 4 is 27.0 Å². The normalized spacial score (nSPS) is 21.4. The monoisotopic (exact) mass is 419 g/mol. The highest BCUT2D eigenvalue weighted by molar-refractivity contribution is 7.88. The predicted octanol–water partition coefficient (Wildman–Crippen LogP) is 2.08. The third kappa shape index (κ3) is 3.90. The Morgan fingerprint density at radius 2 is 1.90 bits per heavy atom.